The molecule has 0 aromatic carbocycles. The van der Waals surface area contributed by atoms with Gasteiger partial charge in [0.15, 0.2) is 0 Å². The lowest BCUT2D eigenvalue weighted by Crippen LogP contribution is -2.63. The Bertz CT molecular complexity index is 596. The molecule has 8 heteroatoms. The molecule has 4 amide bonds. The summed E-state index contributed by atoms with van der Waals surface area (Å²) in [7, 11) is 2.05. The molecule has 2 saturated heterocycles. The molecule has 25 heavy (non-hydrogen) atoms. The first kappa shape index (κ1) is 19.4. The first-order valence-corrected chi connectivity index (χ1v) is 8.57. The number of imide groups is 1. The third-order valence-corrected chi connectivity index (χ3v) is 5.43. The predicted octanol–water partition coefficient (Wildman–Crippen LogP) is 0.180. The first-order chi connectivity index (χ1) is 11.3. The fourth-order valence-electron chi connectivity index (χ4n) is 3.78. The second kappa shape index (κ2) is 6.40. The Labute approximate surface area is 148 Å². The highest BCUT2D eigenvalue weighted by molar-refractivity contribution is 6.35. The number of piperidine rings is 1. The van der Waals surface area contributed by atoms with E-state index >= 15 is 0 Å². The van der Waals surface area contributed by atoms with E-state index in [0.717, 1.165) is 0 Å². The van der Waals surface area contributed by atoms with Crippen molar-refractivity contribution in [2.45, 2.75) is 71.0 Å². The van der Waals surface area contributed by atoms with Gasteiger partial charge in [-0.3, -0.25) is 24.1 Å². The molecular weight excluding hydrogens is 324 g/mol. The van der Waals surface area contributed by atoms with Crippen LogP contribution in [0.25, 0.3) is 0 Å². The number of hydrogen-bond acceptors (Lipinski definition) is 5. The molecule has 2 rings (SSSR count). The van der Waals surface area contributed by atoms with E-state index in [-0.39, 0.29) is 23.5 Å². The van der Waals surface area contributed by atoms with Gasteiger partial charge in [0.1, 0.15) is 0 Å². The lowest BCUT2D eigenvalue weighted by atomic mass is 9.77. The van der Waals surface area contributed by atoms with Crippen molar-refractivity contribution in [1.29, 1.82) is 0 Å². The standard InChI is InChI=1S/C17H28N4O4/c1-10-7-12(22)21(15(10)25)19-14(24)13(23)18-11-8-16(2,3)20(6)17(4,5)9-11/h10-11H,7-9H2,1-6H3,(H,18,23)(H,19,24). The van der Waals surface area contributed by atoms with Crippen LogP contribution >= 0.6 is 0 Å². The van der Waals surface area contributed by atoms with Gasteiger partial charge in [0.25, 0.3) is 5.91 Å². The van der Waals surface area contributed by atoms with Crippen LogP contribution in [0.2, 0.25) is 0 Å². The number of hydrazine groups is 1. The number of likely N-dealkylation sites (tertiary alicyclic amines) is 1. The van der Waals surface area contributed by atoms with Gasteiger partial charge in [0, 0.05) is 29.5 Å². The quantitative estimate of drug-likeness (QED) is 0.546. The lowest BCUT2D eigenvalue weighted by molar-refractivity contribution is -0.151. The number of rotatable bonds is 2. The molecule has 0 spiro atoms. The molecule has 0 aromatic rings. The molecule has 0 bridgehead atoms. The van der Waals surface area contributed by atoms with Gasteiger partial charge in [-0.2, -0.15) is 5.01 Å². The molecule has 8 nitrogen and oxygen atoms in total. The number of nitrogens with zero attached hydrogens (tertiary/aromatic N) is 2. The van der Waals surface area contributed by atoms with E-state index in [1.165, 1.54) is 0 Å². The molecule has 2 fully saturated rings. The number of nitrogens with one attached hydrogen (secondary N) is 2. The number of hydrogen-bond donors (Lipinski definition) is 2. The number of carbonyl (C=O) groups is 4. The lowest BCUT2D eigenvalue weighted by Gasteiger charge is -2.53. The van der Waals surface area contributed by atoms with Crippen molar-refractivity contribution >= 4 is 23.6 Å². The van der Waals surface area contributed by atoms with E-state index < -0.39 is 29.5 Å². The van der Waals surface area contributed by atoms with Crippen LogP contribution in [0.5, 0.6) is 0 Å². The summed E-state index contributed by atoms with van der Waals surface area (Å²) in [6.07, 6.45) is 1.44. The van der Waals surface area contributed by atoms with Gasteiger partial charge in [-0.25, -0.2) is 5.43 Å². The predicted molar refractivity (Wildman–Crippen MR) is 90.9 cm³/mol. The summed E-state index contributed by atoms with van der Waals surface area (Å²) < 4.78 is 0. The average Bonchev–Trinajstić information content (AvgIpc) is 2.70. The Morgan fingerprint density at radius 3 is 2.00 bits per heavy atom. The van der Waals surface area contributed by atoms with Gasteiger partial charge in [-0.15, -0.1) is 0 Å². The first-order valence-electron chi connectivity index (χ1n) is 8.57. The second-order valence-corrected chi connectivity index (χ2v) is 8.38. The molecule has 0 radical (unpaired) electrons. The van der Waals surface area contributed by atoms with E-state index in [4.69, 9.17) is 0 Å². The van der Waals surface area contributed by atoms with Crippen LogP contribution in [-0.2, 0) is 19.2 Å². The molecule has 1 atom stereocenters. The smallest absolute Gasteiger partial charge is 0.328 e. The van der Waals surface area contributed by atoms with Gasteiger partial charge in [0.05, 0.1) is 0 Å². The zero-order valence-electron chi connectivity index (χ0n) is 15.8. The van der Waals surface area contributed by atoms with E-state index in [1.807, 2.05) is 0 Å². The third kappa shape index (κ3) is 3.84. The monoisotopic (exact) mass is 352 g/mol. The van der Waals surface area contributed by atoms with Gasteiger partial charge in [-0.05, 0) is 47.6 Å². The maximum Gasteiger partial charge on any atom is 0.328 e. The summed E-state index contributed by atoms with van der Waals surface area (Å²) in [5, 5.41) is 3.39. The molecule has 140 valence electrons. The molecule has 2 aliphatic rings. The highest BCUT2D eigenvalue weighted by Crippen LogP contribution is 2.36. The molecular formula is C17H28N4O4. The molecule has 0 aliphatic carbocycles. The third-order valence-electron chi connectivity index (χ3n) is 5.43. The summed E-state index contributed by atoms with van der Waals surface area (Å²) >= 11 is 0. The maximum atomic E-state index is 12.2. The van der Waals surface area contributed by atoms with Gasteiger partial charge < -0.3 is 5.32 Å². The van der Waals surface area contributed by atoms with E-state index in [9.17, 15) is 19.2 Å². The summed E-state index contributed by atoms with van der Waals surface area (Å²) in [4.78, 5) is 50.1. The minimum absolute atomic E-state index is 0.0398. The Hall–Kier alpha value is -1.96. The van der Waals surface area contributed by atoms with Crippen LogP contribution < -0.4 is 10.7 Å². The Morgan fingerprint density at radius 2 is 1.56 bits per heavy atom. The van der Waals surface area contributed by atoms with Crippen LogP contribution in [0, 0.1) is 5.92 Å². The molecule has 1 unspecified atom stereocenters. The Morgan fingerprint density at radius 1 is 1.04 bits per heavy atom. The van der Waals surface area contributed by atoms with Crippen LogP contribution in [0.3, 0.4) is 0 Å². The summed E-state index contributed by atoms with van der Waals surface area (Å²) in [5.74, 6) is -3.30. The number of carbonyl (C=O) groups excluding carboxylic acids is 4. The molecule has 2 aliphatic heterocycles. The molecule has 2 N–H and O–H groups in total. The maximum absolute atomic E-state index is 12.2. The van der Waals surface area contributed by atoms with Crippen molar-refractivity contribution in [3.8, 4) is 0 Å². The SMILES string of the molecule is CC1CC(=O)N(NC(=O)C(=O)NC2CC(C)(C)N(C)C(C)(C)C2)C1=O. The van der Waals surface area contributed by atoms with E-state index in [2.05, 4.69) is 50.4 Å². The normalized spacial score (nSPS) is 26.6. The van der Waals surface area contributed by atoms with Crippen molar-refractivity contribution in [3.63, 3.8) is 0 Å². The van der Waals surface area contributed by atoms with Crippen molar-refractivity contribution in [2.75, 3.05) is 7.05 Å². The summed E-state index contributed by atoms with van der Waals surface area (Å²) in [6.45, 7) is 9.98. The van der Waals surface area contributed by atoms with Crippen LogP contribution in [0.1, 0.15) is 53.9 Å². The largest absolute Gasteiger partial charge is 0.345 e. The zero-order chi connectivity index (χ0) is 19.2. The highest BCUT2D eigenvalue weighted by Gasteiger charge is 2.44. The Kier molecular flexibility index (Phi) is 4.96. The zero-order valence-corrected chi connectivity index (χ0v) is 15.8. The fourth-order valence-corrected chi connectivity index (χ4v) is 3.78. The van der Waals surface area contributed by atoms with Crippen molar-refractivity contribution in [1.82, 2.24) is 20.7 Å². The van der Waals surface area contributed by atoms with E-state index in [1.54, 1.807) is 6.92 Å². The summed E-state index contributed by atoms with van der Waals surface area (Å²) in [6, 6.07) is -0.164. The topological polar surface area (TPSA) is 98.8 Å². The van der Waals surface area contributed by atoms with Crippen LogP contribution in [-0.4, -0.2) is 57.7 Å². The Balaban J connectivity index is 1.99. The van der Waals surface area contributed by atoms with Crippen LogP contribution in [0.15, 0.2) is 0 Å². The highest BCUT2D eigenvalue weighted by atomic mass is 16.2. The second-order valence-electron chi connectivity index (χ2n) is 8.38. The fraction of sp³-hybridized carbons (Fsp3) is 0.765. The minimum atomic E-state index is -0.995. The minimum Gasteiger partial charge on any atom is -0.345 e. The summed E-state index contributed by atoms with van der Waals surface area (Å²) in [5.41, 5.74) is 1.86. The molecule has 2 heterocycles. The van der Waals surface area contributed by atoms with Crippen molar-refractivity contribution < 1.29 is 19.2 Å². The van der Waals surface area contributed by atoms with Gasteiger partial charge in [0.2, 0.25) is 5.91 Å². The van der Waals surface area contributed by atoms with Crippen LogP contribution in [0.4, 0.5) is 0 Å². The van der Waals surface area contributed by atoms with Gasteiger partial charge >= 0.3 is 11.8 Å². The van der Waals surface area contributed by atoms with Gasteiger partial charge in [-0.1, -0.05) is 6.92 Å². The molecule has 0 saturated carbocycles. The van der Waals surface area contributed by atoms with Crippen molar-refractivity contribution in [3.05, 3.63) is 0 Å². The van der Waals surface area contributed by atoms with Crippen molar-refractivity contribution in [2.24, 2.45) is 5.92 Å². The molecule has 0 aromatic heterocycles. The average molecular weight is 352 g/mol. The van der Waals surface area contributed by atoms with E-state index in [0.29, 0.717) is 17.9 Å². The number of amides is 4.